The van der Waals surface area contributed by atoms with E-state index in [2.05, 4.69) is 0 Å². The van der Waals surface area contributed by atoms with Crippen LogP contribution in [-0.2, 0) is 9.47 Å². The van der Waals surface area contributed by atoms with Gasteiger partial charge in [-0.2, -0.15) is 0 Å². The number of fused-ring (bicyclic) bond motifs is 1. The molecule has 0 unspecified atom stereocenters. The van der Waals surface area contributed by atoms with Gasteiger partial charge in [0, 0.05) is 17.5 Å². The molecule has 0 bridgehead atoms. The van der Waals surface area contributed by atoms with Crippen molar-refractivity contribution in [3.63, 3.8) is 0 Å². The number of hydrogen-bond donors (Lipinski definition) is 5. The predicted molar refractivity (Wildman–Crippen MR) is 110 cm³/mol. The Morgan fingerprint density at radius 2 is 1.53 bits per heavy atom. The van der Waals surface area contributed by atoms with E-state index in [1.165, 1.54) is 0 Å². The first-order chi connectivity index (χ1) is 15.3. The molecular formula is C23H26O9. The fourth-order valence-corrected chi connectivity index (χ4v) is 4.72. The lowest BCUT2D eigenvalue weighted by Crippen LogP contribution is -2.60. The third-order valence-corrected chi connectivity index (χ3v) is 6.54. The molecule has 0 radical (unpaired) electrons. The van der Waals surface area contributed by atoms with Crippen LogP contribution in [0.2, 0.25) is 0 Å². The van der Waals surface area contributed by atoms with E-state index < -0.39 is 49.5 Å². The third kappa shape index (κ3) is 3.20. The van der Waals surface area contributed by atoms with Gasteiger partial charge >= 0.3 is 0 Å². The standard InChI is InChI=1S/C23H26O9/c1-9-17(26)10(2)21-16-14(7-13(29-20(9)16)11-3-5-12(25)6-4-11)30-22-19(28)18(27)15(8-24)31-23(22)32-21/h3-6,13-15,18-19,22-28H,7-8H2,1-2H3/t13-,14+,15-,18+,19+,22-,23+/m0/s1. The van der Waals surface area contributed by atoms with Crippen molar-refractivity contribution in [3.8, 4) is 23.0 Å². The van der Waals surface area contributed by atoms with Gasteiger partial charge in [0.2, 0.25) is 6.29 Å². The lowest BCUT2D eigenvalue weighted by atomic mass is 9.90. The van der Waals surface area contributed by atoms with E-state index >= 15 is 0 Å². The molecule has 0 saturated carbocycles. The van der Waals surface area contributed by atoms with E-state index in [1.54, 1.807) is 38.1 Å². The molecule has 172 valence electrons. The van der Waals surface area contributed by atoms with Gasteiger partial charge in [-0.3, -0.25) is 0 Å². The molecule has 7 atom stereocenters. The van der Waals surface area contributed by atoms with Crippen LogP contribution in [-0.4, -0.2) is 62.8 Å². The molecule has 5 rings (SSSR count). The lowest BCUT2D eigenvalue weighted by Gasteiger charge is -2.41. The van der Waals surface area contributed by atoms with E-state index in [0.29, 0.717) is 34.6 Å². The van der Waals surface area contributed by atoms with Crippen molar-refractivity contribution in [3.05, 3.63) is 46.5 Å². The molecule has 3 aliphatic heterocycles. The Bertz CT molecular complexity index is 1020. The van der Waals surface area contributed by atoms with Crippen molar-refractivity contribution in [1.82, 2.24) is 0 Å². The Morgan fingerprint density at radius 3 is 2.19 bits per heavy atom. The molecule has 3 aliphatic rings. The number of aromatic hydroxyl groups is 2. The summed E-state index contributed by atoms with van der Waals surface area (Å²) in [5, 5.41) is 51.0. The first-order valence-corrected chi connectivity index (χ1v) is 10.6. The molecule has 1 fully saturated rings. The number of aliphatic hydroxyl groups excluding tert-OH is 3. The van der Waals surface area contributed by atoms with Crippen molar-refractivity contribution in [2.45, 2.75) is 63.2 Å². The van der Waals surface area contributed by atoms with Gasteiger partial charge in [-0.25, -0.2) is 0 Å². The first-order valence-electron chi connectivity index (χ1n) is 10.6. The van der Waals surface area contributed by atoms with Crippen LogP contribution in [0, 0.1) is 13.8 Å². The topological polar surface area (TPSA) is 138 Å². The van der Waals surface area contributed by atoms with Crippen LogP contribution in [0.1, 0.15) is 40.9 Å². The van der Waals surface area contributed by atoms with Crippen LogP contribution in [0.4, 0.5) is 0 Å². The Morgan fingerprint density at radius 1 is 0.875 bits per heavy atom. The van der Waals surface area contributed by atoms with Crippen LogP contribution >= 0.6 is 0 Å². The smallest absolute Gasteiger partial charge is 0.229 e. The minimum Gasteiger partial charge on any atom is -0.508 e. The summed E-state index contributed by atoms with van der Waals surface area (Å²) in [5.41, 5.74) is 2.42. The van der Waals surface area contributed by atoms with Crippen molar-refractivity contribution in [1.29, 1.82) is 0 Å². The highest BCUT2D eigenvalue weighted by molar-refractivity contribution is 5.63. The maximum Gasteiger partial charge on any atom is 0.229 e. The minimum absolute atomic E-state index is 0.0115. The average Bonchev–Trinajstić information content (AvgIpc) is 2.96. The van der Waals surface area contributed by atoms with Gasteiger partial charge < -0.3 is 44.5 Å². The van der Waals surface area contributed by atoms with Crippen LogP contribution in [0.25, 0.3) is 0 Å². The molecule has 0 aliphatic carbocycles. The molecule has 2 aromatic rings. The molecule has 3 heterocycles. The lowest BCUT2D eigenvalue weighted by molar-refractivity contribution is -0.292. The monoisotopic (exact) mass is 446 g/mol. The fourth-order valence-electron chi connectivity index (χ4n) is 4.72. The Hall–Kier alpha value is -2.56. The van der Waals surface area contributed by atoms with Gasteiger partial charge in [-0.05, 0) is 31.5 Å². The van der Waals surface area contributed by atoms with Gasteiger partial charge in [0.1, 0.15) is 53.5 Å². The first kappa shape index (κ1) is 21.3. The summed E-state index contributed by atoms with van der Waals surface area (Å²) >= 11 is 0. The third-order valence-electron chi connectivity index (χ3n) is 6.54. The van der Waals surface area contributed by atoms with Crippen LogP contribution in [0.5, 0.6) is 23.0 Å². The van der Waals surface area contributed by atoms with E-state index in [1.807, 2.05) is 0 Å². The van der Waals surface area contributed by atoms with E-state index in [4.69, 9.17) is 18.9 Å². The quantitative estimate of drug-likeness (QED) is 0.464. The van der Waals surface area contributed by atoms with Gasteiger partial charge in [-0.15, -0.1) is 0 Å². The van der Waals surface area contributed by atoms with E-state index in [-0.39, 0.29) is 11.5 Å². The Labute approximate surface area is 184 Å². The number of hydrogen-bond acceptors (Lipinski definition) is 9. The van der Waals surface area contributed by atoms with Crippen molar-refractivity contribution < 1.29 is 44.5 Å². The zero-order chi connectivity index (χ0) is 22.7. The van der Waals surface area contributed by atoms with Crippen molar-refractivity contribution >= 4 is 0 Å². The second-order valence-electron chi connectivity index (χ2n) is 8.52. The largest absolute Gasteiger partial charge is 0.508 e. The molecular weight excluding hydrogens is 420 g/mol. The number of aliphatic hydroxyl groups is 3. The normalized spacial score (nSPS) is 33.3. The maximum absolute atomic E-state index is 10.8. The highest BCUT2D eigenvalue weighted by Gasteiger charge is 2.51. The number of ether oxygens (including phenoxy) is 4. The van der Waals surface area contributed by atoms with Crippen molar-refractivity contribution in [2.24, 2.45) is 0 Å². The number of rotatable bonds is 2. The summed E-state index contributed by atoms with van der Waals surface area (Å²) in [7, 11) is 0. The molecule has 0 spiro atoms. The molecule has 5 N–H and O–H groups in total. The SMILES string of the molecule is Cc1c(O)c(C)c2c3c1O[C@H]1O[C@@H](CO)[C@@H](O)[C@@H](O)[C@@H]1O[C@@H]3C[C@@H](c1ccc(O)cc1)O2. The zero-order valence-corrected chi connectivity index (χ0v) is 17.6. The highest BCUT2D eigenvalue weighted by Crippen LogP contribution is 2.55. The van der Waals surface area contributed by atoms with E-state index in [9.17, 15) is 25.5 Å². The molecule has 2 aromatic carbocycles. The summed E-state index contributed by atoms with van der Waals surface area (Å²) in [6.45, 7) is 2.94. The number of phenolic OH excluding ortho intramolecular Hbond substituents is 2. The fraction of sp³-hybridized carbons (Fsp3) is 0.478. The number of benzene rings is 2. The predicted octanol–water partition coefficient (Wildman–Crippen LogP) is 1.50. The second-order valence-corrected chi connectivity index (χ2v) is 8.52. The summed E-state index contributed by atoms with van der Waals surface area (Å²) in [5.74, 6) is 0.904. The highest BCUT2D eigenvalue weighted by atomic mass is 16.7. The van der Waals surface area contributed by atoms with Crippen molar-refractivity contribution in [2.75, 3.05) is 6.61 Å². The molecule has 32 heavy (non-hydrogen) atoms. The van der Waals surface area contributed by atoms with E-state index in [0.717, 1.165) is 5.56 Å². The van der Waals surface area contributed by atoms with Gasteiger partial charge in [0.25, 0.3) is 0 Å². The Balaban J connectivity index is 1.61. The molecule has 9 heteroatoms. The zero-order valence-electron chi connectivity index (χ0n) is 17.6. The maximum atomic E-state index is 10.8. The summed E-state index contributed by atoms with van der Waals surface area (Å²) in [6.07, 6.45) is -6.55. The summed E-state index contributed by atoms with van der Waals surface area (Å²) in [4.78, 5) is 0. The van der Waals surface area contributed by atoms with Crippen LogP contribution < -0.4 is 9.47 Å². The molecule has 9 nitrogen and oxygen atoms in total. The Kier molecular flexibility index (Phi) is 5.18. The molecule has 0 aromatic heterocycles. The van der Waals surface area contributed by atoms with Gasteiger partial charge in [0.05, 0.1) is 18.3 Å². The minimum atomic E-state index is -1.35. The van der Waals surface area contributed by atoms with Gasteiger partial charge in [-0.1, -0.05) is 12.1 Å². The molecule has 0 amide bonds. The summed E-state index contributed by atoms with van der Waals surface area (Å²) in [6, 6.07) is 6.63. The number of phenols is 2. The average molecular weight is 446 g/mol. The van der Waals surface area contributed by atoms with Gasteiger partial charge in [0.15, 0.2) is 0 Å². The molecule has 1 saturated heterocycles. The van der Waals surface area contributed by atoms with Crippen LogP contribution in [0.3, 0.4) is 0 Å². The van der Waals surface area contributed by atoms with Crippen LogP contribution in [0.15, 0.2) is 24.3 Å². The summed E-state index contributed by atoms with van der Waals surface area (Å²) < 4.78 is 24.3. The second kappa shape index (κ2) is 7.79.